The van der Waals surface area contributed by atoms with Gasteiger partial charge in [-0.2, -0.15) is 0 Å². The van der Waals surface area contributed by atoms with Gasteiger partial charge in [0.1, 0.15) is 11.5 Å². The monoisotopic (exact) mass is 414 g/mol. The lowest BCUT2D eigenvalue weighted by Gasteiger charge is -2.27. The maximum absolute atomic E-state index is 13.4. The summed E-state index contributed by atoms with van der Waals surface area (Å²) >= 11 is 0. The van der Waals surface area contributed by atoms with Gasteiger partial charge in [0.05, 0.1) is 13.2 Å². The van der Waals surface area contributed by atoms with Crippen molar-refractivity contribution >= 4 is 17.7 Å². The molecule has 1 amide bonds. The summed E-state index contributed by atoms with van der Waals surface area (Å²) in [6.45, 7) is 11.3. The van der Waals surface area contributed by atoms with Crippen LogP contribution in [0.5, 0.6) is 0 Å². The van der Waals surface area contributed by atoms with E-state index in [0.717, 1.165) is 0 Å². The number of carbonyl (C=O) groups is 3. The van der Waals surface area contributed by atoms with E-state index < -0.39 is 23.7 Å². The molecule has 0 aliphatic rings. The first-order chi connectivity index (χ1) is 14.2. The SMILES string of the molecule is C=CCN(C(=O)c1ccc(F)cc1)[C@@H](C)C(=O)c1c(C)c(C(=O)OC)n(CC)c1C. The number of halogens is 1. The molecule has 6 nitrogen and oxygen atoms in total. The topological polar surface area (TPSA) is 68.6 Å². The van der Waals surface area contributed by atoms with Crippen molar-refractivity contribution in [2.45, 2.75) is 40.3 Å². The molecule has 0 saturated carbocycles. The Morgan fingerprint density at radius 3 is 2.33 bits per heavy atom. The Labute approximate surface area is 175 Å². The number of esters is 1. The first kappa shape index (κ1) is 23.1. The zero-order chi connectivity index (χ0) is 22.6. The lowest BCUT2D eigenvalue weighted by molar-refractivity contribution is 0.0587. The molecule has 7 heteroatoms. The normalized spacial score (nSPS) is 11.7. The fourth-order valence-electron chi connectivity index (χ4n) is 3.68. The highest BCUT2D eigenvalue weighted by molar-refractivity contribution is 6.07. The molecule has 0 N–H and O–H groups in total. The number of rotatable bonds is 8. The third-order valence-electron chi connectivity index (χ3n) is 5.23. The second-order valence-electron chi connectivity index (χ2n) is 6.96. The van der Waals surface area contributed by atoms with Crippen LogP contribution in [0.2, 0.25) is 0 Å². The summed E-state index contributed by atoms with van der Waals surface area (Å²) < 4.78 is 19.8. The summed E-state index contributed by atoms with van der Waals surface area (Å²) in [4.78, 5) is 40.1. The molecule has 0 radical (unpaired) electrons. The molecule has 0 aliphatic carbocycles. The lowest BCUT2D eigenvalue weighted by Crippen LogP contribution is -2.43. The summed E-state index contributed by atoms with van der Waals surface area (Å²) in [5.41, 5.74) is 2.15. The first-order valence-electron chi connectivity index (χ1n) is 9.69. The molecule has 1 aromatic heterocycles. The van der Waals surface area contributed by atoms with Gasteiger partial charge in [-0.3, -0.25) is 9.59 Å². The van der Waals surface area contributed by atoms with Gasteiger partial charge in [0.15, 0.2) is 5.78 Å². The van der Waals surface area contributed by atoms with Crippen LogP contribution in [0.15, 0.2) is 36.9 Å². The third kappa shape index (κ3) is 4.20. The Kier molecular flexibility index (Phi) is 7.32. The average Bonchev–Trinajstić information content (AvgIpc) is 2.99. The van der Waals surface area contributed by atoms with Crippen molar-refractivity contribution in [3.05, 3.63) is 70.8 Å². The predicted molar refractivity (Wildman–Crippen MR) is 112 cm³/mol. The quantitative estimate of drug-likeness (QED) is 0.373. The number of Topliss-reactive ketones (excluding diaryl/α,β-unsaturated/α-hetero) is 1. The number of aromatic nitrogens is 1. The number of amides is 1. The van der Waals surface area contributed by atoms with E-state index >= 15 is 0 Å². The average molecular weight is 414 g/mol. The van der Waals surface area contributed by atoms with E-state index in [4.69, 9.17) is 4.74 Å². The zero-order valence-electron chi connectivity index (χ0n) is 18.0. The molecule has 0 unspecified atom stereocenters. The third-order valence-corrected chi connectivity index (χ3v) is 5.23. The van der Waals surface area contributed by atoms with E-state index in [2.05, 4.69) is 6.58 Å². The number of ketones is 1. The molecular formula is C23H27FN2O4. The van der Waals surface area contributed by atoms with Crippen LogP contribution in [-0.4, -0.2) is 46.8 Å². The molecule has 0 spiro atoms. The van der Waals surface area contributed by atoms with Crippen LogP contribution in [0.3, 0.4) is 0 Å². The Hall–Kier alpha value is -3.22. The summed E-state index contributed by atoms with van der Waals surface area (Å²) in [6.07, 6.45) is 1.53. The Morgan fingerprint density at radius 2 is 1.83 bits per heavy atom. The van der Waals surface area contributed by atoms with E-state index in [1.54, 1.807) is 25.3 Å². The van der Waals surface area contributed by atoms with E-state index in [9.17, 15) is 18.8 Å². The van der Waals surface area contributed by atoms with Crippen LogP contribution in [0.4, 0.5) is 4.39 Å². The molecule has 160 valence electrons. The number of benzene rings is 1. The number of methoxy groups -OCH3 is 1. The van der Waals surface area contributed by atoms with E-state index in [-0.39, 0.29) is 17.9 Å². The van der Waals surface area contributed by atoms with Crippen molar-refractivity contribution in [2.24, 2.45) is 0 Å². The molecule has 1 atom stereocenters. The van der Waals surface area contributed by atoms with Crippen molar-refractivity contribution in [1.82, 2.24) is 9.47 Å². The highest BCUT2D eigenvalue weighted by Crippen LogP contribution is 2.26. The maximum Gasteiger partial charge on any atom is 0.354 e. The largest absolute Gasteiger partial charge is 0.464 e. The van der Waals surface area contributed by atoms with Gasteiger partial charge in [-0.15, -0.1) is 6.58 Å². The Morgan fingerprint density at radius 1 is 1.23 bits per heavy atom. The van der Waals surface area contributed by atoms with E-state index in [0.29, 0.717) is 29.1 Å². The Bertz CT molecular complexity index is 976. The highest BCUT2D eigenvalue weighted by Gasteiger charge is 2.32. The van der Waals surface area contributed by atoms with Crippen LogP contribution in [0.25, 0.3) is 0 Å². The molecule has 0 fully saturated rings. The van der Waals surface area contributed by atoms with Gasteiger partial charge in [-0.05, 0) is 57.5 Å². The van der Waals surface area contributed by atoms with Crippen LogP contribution in [-0.2, 0) is 11.3 Å². The number of nitrogens with zero attached hydrogens (tertiary/aromatic N) is 2. The number of ether oxygens (including phenoxy) is 1. The van der Waals surface area contributed by atoms with Gasteiger partial charge in [-0.1, -0.05) is 6.08 Å². The highest BCUT2D eigenvalue weighted by atomic mass is 19.1. The summed E-state index contributed by atoms with van der Waals surface area (Å²) in [5, 5.41) is 0. The number of hydrogen-bond acceptors (Lipinski definition) is 4. The molecule has 0 aliphatic heterocycles. The summed E-state index contributed by atoms with van der Waals surface area (Å²) in [5.74, 6) is -1.67. The summed E-state index contributed by atoms with van der Waals surface area (Å²) in [7, 11) is 1.29. The van der Waals surface area contributed by atoms with E-state index in [1.807, 2.05) is 6.92 Å². The summed E-state index contributed by atoms with van der Waals surface area (Å²) in [6, 6.07) is 4.33. The molecule has 1 heterocycles. The van der Waals surface area contributed by atoms with E-state index in [1.165, 1.54) is 42.4 Å². The standard InChI is InChI=1S/C23H27FN2O4/c1-7-13-26(22(28)17-9-11-18(24)12-10-17)16(5)21(27)19-14(3)20(23(29)30-6)25(8-2)15(19)4/h7,9-12,16H,1,8,13H2,2-6H3/t16-/m0/s1. The Balaban J connectivity index is 2.48. The molecular weight excluding hydrogens is 387 g/mol. The van der Waals surface area contributed by atoms with Crippen LogP contribution < -0.4 is 0 Å². The van der Waals surface area contributed by atoms with Gasteiger partial charge in [0, 0.05) is 29.9 Å². The fraction of sp³-hybridized carbons (Fsp3) is 0.348. The fourth-order valence-corrected chi connectivity index (χ4v) is 3.68. The zero-order valence-corrected chi connectivity index (χ0v) is 18.0. The molecule has 1 aromatic carbocycles. The van der Waals surface area contributed by atoms with Gasteiger partial charge >= 0.3 is 5.97 Å². The van der Waals surface area contributed by atoms with Gasteiger partial charge < -0.3 is 14.2 Å². The molecule has 30 heavy (non-hydrogen) atoms. The van der Waals surface area contributed by atoms with Gasteiger partial charge in [0.2, 0.25) is 0 Å². The van der Waals surface area contributed by atoms with Crippen LogP contribution in [0.1, 0.15) is 56.3 Å². The van der Waals surface area contributed by atoms with Crippen molar-refractivity contribution in [2.75, 3.05) is 13.7 Å². The molecule has 0 saturated heterocycles. The van der Waals surface area contributed by atoms with Gasteiger partial charge in [0.25, 0.3) is 5.91 Å². The van der Waals surface area contributed by atoms with Crippen LogP contribution in [0, 0.1) is 19.7 Å². The molecule has 2 aromatic rings. The maximum atomic E-state index is 13.4. The first-order valence-corrected chi connectivity index (χ1v) is 9.69. The van der Waals surface area contributed by atoms with Gasteiger partial charge in [-0.25, -0.2) is 9.18 Å². The minimum absolute atomic E-state index is 0.138. The minimum Gasteiger partial charge on any atom is -0.464 e. The lowest BCUT2D eigenvalue weighted by atomic mass is 9.99. The van der Waals surface area contributed by atoms with Crippen molar-refractivity contribution in [1.29, 1.82) is 0 Å². The second-order valence-corrected chi connectivity index (χ2v) is 6.96. The number of carbonyl (C=O) groups excluding carboxylic acids is 3. The molecule has 2 rings (SSSR count). The van der Waals surface area contributed by atoms with Crippen molar-refractivity contribution in [3.8, 4) is 0 Å². The van der Waals surface area contributed by atoms with Crippen molar-refractivity contribution < 1.29 is 23.5 Å². The minimum atomic E-state index is -0.823. The number of hydrogen-bond donors (Lipinski definition) is 0. The van der Waals surface area contributed by atoms with Crippen LogP contribution >= 0.6 is 0 Å². The van der Waals surface area contributed by atoms with Crippen molar-refractivity contribution in [3.63, 3.8) is 0 Å². The predicted octanol–water partition coefficient (Wildman–Crippen LogP) is 3.95. The second kappa shape index (κ2) is 9.52. The smallest absolute Gasteiger partial charge is 0.354 e. The molecule has 0 bridgehead atoms.